The number of rotatable bonds is 8. The lowest BCUT2D eigenvalue weighted by Crippen LogP contribution is -2.30. The van der Waals surface area contributed by atoms with Crippen LogP contribution < -0.4 is 4.72 Å². The Labute approximate surface area is 139 Å². The number of hydrogen-bond acceptors (Lipinski definition) is 3. The molecule has 23 heavy (non-hydrogen) atoms. The van der Waals surface area contributed by atoms with E-state index in [2.05, 4.69) is 23.5 Å². The molecule has 1 aromatic heterocycles. The van der Waals surface area contributed by atoms with Gasteiger partial charge in [0.25, 0.3) is 0 Å². The van der Waals surface area contributed by atoms with E-state index >= 15 is 0 Å². The van der Waals surface area contributed by atoms with Gasteiger partial charge >= 0.3 is 0 Å². The zero-order valence-electron chi connectivity index (χ0n) is 14.5. The molecule has 0 aliphatic rings. The number of benzene rings is 1. The molecule has 0 atom stereocenters. The fourth-order valence-corrected chi connectivity index (χ4v) is 4.49. The van der Waals surface area contributed by atoms with Gasteiger partial charge in [0.05, 0.1) is 0 Å². The number of fused-ring (bicyclic) bond motifs is 1. The summed E-state index contributed by atoms with van der Waals surface area (Å²) in [5.41, 5.74) is 1.70. The van der Waals surface area contributed by atoms with E-state index in [1.165, 1.54) is 0 Å². The molecule has 0 fully saturated rings. The van der Waals surface area contributed by atoms with Gasteiger partial charge in [0.2, 0.25) is 10.0 Å². The molecule has 0 unspecified atom stereocenters. The van der Waals surface area contributed by atoms with Crippen molar-refractivity contribution in [2.75, 3.05) is 26.2 Å². The van der Waals surface area contributed by atoms with Crippen molar-refractivity contribution in [3.8, 4) is 0 Å². The summed E-state index contributed by atoms with van der Waals surface area (Å²) in [5, 5.41) is 0.781. The van der Waals surface area contributed by atoms with Crippen molar-refractivity contribution in [1.29, 1.82) is 0 Å². The average molecular weight is 337 g/mol. The maximum atomic E-state index is 12.7. The maximum absolute atomic E-state index is 12.7. The summed E-state index contributed by atoms with van der Waals surface area (Å²) in [5.74, 6) is 0. The average Bonchev–Trinajstić information content (AvgIpc) is 2.80. The molecule has 128 valence electrons. The first-order valence-electron chi connectivity index (χ1n) is 8.18. The van der Waals surface area contributed by atoms with Gasteiger partial charge in [-0.2, -0.15) is 0 Å². The zero-order valence-corrected chi connectivity index (χ0v) is 15.3. The highest BCUT2D eigenvalue weighted by Gasteiger charge is 2.23. The Balaban J connectivity index is 2.16. The van der Waals surface area contributed by atoms with Gasteiger partial charge in [-0.1, -0.05) is 32.0 Å². The molecule has 2 rings (SSSR count). The van der Waals surface area contributed by atoms with E-state index in [-0.39, 0.29) is 0 Å². The van der Waals surface area contributed by atoms with E-state index in [0.29, 0.717) is 11.4 Å². The van der Waals surface area contributed by atoms with Crippen LogP contribution in [0, 0.1) is 6.92 Å². The Hall–Kier alpha value is -1.37. The lowest BCUT2D eigenvalue weighted by atomic mass is 10.2. The molecule has 0 bridgehead atoms. The molecule has 0 aliphatic heterocycles. The van der Waals surface area contributed by atoms with Crippen LogP contribution in [0.1, 0.15) is 26.0 Å². The molecule has 0 aliphatic carbocycles. The molecule has 1 N–H and O–H groups in total. The summed E-state index contributed by atoms with van der Waals surface area (Å²) in [6, 6.07) is 7.62. The van der Waals surface area contributed by atoms with Crippen molar-refractivity contribution in [1.82, 2.24) is 14.2 Å². The minimum absolute atomic E-state index is 0.401. The molecule has 1 heterocycles. The van der Waals surface area contributed by atoms with Crippen LogP contribution in [0.15, 0.2) is 29.2 Å². The smallest absolute Gasteiger partial charge is 0.242 e. The molecule has 0 spiro atoms. The summed E-state index contributed by atoms with van der Waals surface area (Å²) < 4.78 is 30.1. The number of para-hydroxylation sites is 1. The van der Waals surface area contributed by atoms with Crippen molar-refractivity contribution in [3.63, 3.8) is 0 Å². The van der Waals surface area contributed by atoms with Crippen molar-refractivity contribution >= 4 is 20.9 Å². The monoisotopic (exact) mass is 337 g/mol. The number of nitrogens with zero attached hydrogens (tertiary/aromatic N) is 2. The second-order valence-corrected chi connectivity index (χ2v) is 7.47. The molecule has 6 heteroatoms. The lowest BCUT2D eigenvalue weighted by Gasteiger charge is -2.17. The normalized spacial score (nSPS) is 12.4. The van der Waals surface area contributed by atoms with E-state index in [1.807, 2.05) is 42.8 Å². The Morgan fingerprint density at radius 2 is 1.83 bits per heavy atom. The maximum Gasteiger partial charge on any atom is 0.242 e. The van der Waals surface area contributed by atoms with Gasteiger partial charge in [-0.05, 0) is 39.0 Å². The molecule has 0 saturated heterocycles. The second-order valence-electron chi connectivity index (χ2n) is 5.77. The summed E-state index contributed by atoms with van der Waals surface area (Å²) in [6.45, 7) is 9.44. The number of sulfonamides is 1. The summed E-state index contributed by atoms with van der Waals surface area (Å²) in [4.78, 5) is 2.69. The van der Waals surface area contributed by atoms with Crippen molar-refractivity contribution < 1.29 is 8.42 Å². The van der Waals surface area contributed by atoms with E-state index < -0.39 is 10.0 Å². The fraction of sp³-hybridized carbons (Fsp3) is 0.529. The number of nitrogens with one attached hydrogen (secondary N) is 1. The first kappa shape index (κ1) is 18.0. The topological polar surface area (TPSA) is 54.3 Å². The third kappa shape index (κ3) is 3.76. The van der Waals surface area contributed by atoms with Gasteiger partial charge in [0.15, 0.2) is 0 Å². The van der Waals surface area contributed by atoms with Crippen LogP contribution in [-0.4, -0.2) is 44.1 Å². The highest BCUT2D eigenvalue weighted by molar-refractivity contribution is 7.89. The Morgan fingerprint density at radius 1 is 1.17 bits per heavy atom. The largest absolute Gasteiger partial charge is 0.347 e. The van der Waals surface area contributed by atoms with Gasteiger partial charge in [0.1, 0.15) is 4.90 Å². The highest BCUT2D eigenvalue weighted by Crippen LogP contribution is 2.28. The van der Waals surface area contributed by atoms with Gasteiger partial charge in [-0.3, -0.25) is 0 Å². The minimum Gasteiger partial charge on any atom is -0.347 e. The predicted octanol–water partition coefficient (Wildman–Crippen LogP) is 2.50. The molecule has 2 aromatic rings. The Bertz CT molecular complexity index is 761. The third-order valence-corrected chi connectivity index (χ3v) is 6.09. The van der Waals surface area contributed by atoms with Crippen LogP contribution >= 0.6 is 0 Å². The van der Waals surface area contributed by atoms with E-state index in [4.69, 9.17) is 0 Å². The summed E-state index contributed by atoms with van der Waals surface area (Å²) >= 11 is 0. The molecule has 5 nitrogen and oxygen atoms in total. The van der Waals surface area contributed by atoms with Crippen LogP contribution in [0.4, 0.5) is 0 Å². The zero-order chi connectivity index (χ0) is 17.0. The van der Waals surface area contributed by atoms with Crippen LogP contribution in [0.2, 0.25) is 0 Å². The predicted molar refractivity (Wildman–Crippen MR) is 95.2 cm³/mol. The molecular weight excluding hydrogens is 310 g/mol. The van der Waals surface area contributed by atoms with Crippen LogP contribution in [0.3, 0.4) is 0 Å². The van der Waals surface area contributed by atoms with Crippen molar-refractivity contribution in [2.45, 2.75) is 32.1 Å². The van der Waals surface area contributed by atoms with Gasteiger partial charge in [0, 0.05) is 30.2 Å². The van der Waals surface area contributed by atoms with E-state index in [9.17, 15) is 8.42 Å². The first-order chi connectivity index (χ1) is 10.9. The van der Waals surface area contributed by atoms with Crippen LogP contribution in [0.25, 0.3) is 10.9 Å². The second kappa shape index (κ2) is 7.47. The third-order valence-electron chi connectivity index (χ3n) is 4.45. The standard InChI is InChI=1S/C17H27N3O2S/c1-5-20(6-2)13-9-12-18-23(21,22)17-14(3)19(4)16-11-8-7-10-15(16)17/h7-8,10-11,18H,5-6,9,12-13H2,1-4H3. The highest BCUT2D eigenvalue weighted by atomic mass is 32.2. The van der Waals surface area contributed by atoms with E-state index in [0.717, 1.165) is 42.7 Å². The minimum atomic E-state index is -3.50. The van der Waals surface area contributed by atoms with Crippen LogP contribution in [-0.2, 0) is 17.1 Å². The fourth-order valence-electron chi connectivity index (χ4n) is 2.95. The summed E-state index contributed by atoms with van der Waals surface area (Å²) in [6.07, 6.45) is 0.810. The van der Waals surface area contributed by atoms with Crippen molar-refractivity contribution in [2.24, 2.45) is 7.05 Å². The Morgan fingerprint density at radius 3 is 2.48 bits per heavy atom. The number of aromatic nitrogens is 1. The molecule has 1 aromatic carbocycles. The SMILES string of the molecule is CCN(CC)CCCNS(=O)(=O)c1c(C)n(C)c2ccccc12. The molecule has 0 saturated carbocycles. The molecule has 0 radical (unpaired) electrons. The Kier molecular flexibility index (Phi) is 5.84. The number of aryl methyl sites for hydroxylation is 1. The summed E-state index contributed by atoms with van der Waals surface area (Å²) in [7, 11) is -1.60. The molecular formula is C17H27N3O2S. The first-order valence-corrected chi connectivity index (χ1v) is 9.66. The van der Waals surface area contributed by atoms with E-state index in [1.54, 1.807) is 0 Å². The number of hydrogen-bond donors (Lipinski definition) is 1. The lowest BCUT2D eigenvalue weighted by molar-refractivity contribution is 0.300. The quantitative estimate of drug-likeness (QED) is 0.753. The van der Waals surface area contributed by atoms with Crippen LogP contribution in [0.5, 0.6) is 0 Å². The van der Waals surface area contributed by atoms with Crippen molar-refractivity contribution in [3.05, 3.63) is 30.0 Å². The molecule has 0 amide bonds. The van der Waals surface area contributed by atoms with Gasteiger partial charge < -0.3 is 9.47 Å². The van der Waals surface area contributed by atoms with Gasteiger partial charge in [-0.25, -0.2) is 13.1 Å². The van der Waals surface area contributed by atoms with Gasteiger partial charge in [-0.15, -0.1) is 0 Å².